The number of rotatable bonds is 3. The zero-order valence-corrected chi connectivity index (χ0v) is 10.6. The predicted octanol–water partition coefficient (Wildman–Crippen LogP) is 3.78. The van der Waals surface area contributed by atoms with Gasteiger partial charge in [0.05, 0.1) is 17.7 Å². The van der Waals surface area contributed by atoms with Crippen LogP contribution in [0.5, 0.6) is 0 Å². The maximum atomic E-state index is 12.6. The Morgan fingerprint density at radius 2 is 2.06 bits per heavy atom. The molecule has 0 saturated heterocycles. The average Bonchev–Trinajstić information content (AvgIpc) is 2.27. The Morgan fingerprint density at radius 3 is 2.53 bits per heavy atom. The van der Waals surface area contributed by atoms with Crippen LogP contribution in [0.3, 0.4) is 0 Å². The summed E-state index contributed by atoms with van der Waals surface area (Å²) < 4.78 is 42.5. The van der Waals surface area contributed by atoms with E-state index in [1.165, 1.54) is 6.07 Å². The van der Waals surface area contributed by atoms with Crippen LogP contribution < -0.4 is 0 Å². The summed E-state index contributed by atoms with van der Waals surface area (Å²) in [5.74, 6) is -0.622. The lowest BCUT2D eigenvalue weighted by Gasteiger charge is -2.12. The summed E-state index contributed by atoms with van der Waals surface area (Å²) in [6.45, 7) is 1.82. The van der Waals surface area contributed by atoms with Gasteiger partial charge in [0.2, 0.25) is 0 Å². The third kappa shape index (κ3) is 3.46. The van der Waals surface area contributed by atoms with Crippen molar-refractivity contribution in [1.29, 1.82) is 0 Å². The number of carbonyl (C=O) groups excluding carboxylic acids is 1. The molecule has 0 atom stereocenters. The van der Waals surface area contributed by atoms with E-state index < -0.39 is 17.7 Å². The normalized spacial score (nSPS) is 11.4. The van der Waals surface area contributed by atoms with Crippen LogP contribution in [-0.4, -0.2) is 12.6 Å². The van der Waals surface area contributed by atoms with Gasteiger partial charge in [-0.1, -0.05) is 15.9 Å². The second-order valence-corrected chi connectivity index (χ2v) is 3.78. The molecule has 0 unspecified atom stereocenters. The van der Waals surface area contributed by atoms with Gasteiger partial charge in [-0.15, -0.1) is 0 Å². The maximum absolute atomic E-state index is 12.6. The molecule has 0 radical (unpaired) electrons. The Labute approximate surface area is 105 Å². The van der Waals surface area contributed by atoms with Gasteiger partial charge in [0.25, 0.3) is 0 Å². The molecular weight excluding hydrogens is 301 g/mol. The van der Waals surface area contributed by atoms with E-state index in [0.717, 1.165) is 12.1 Å². The third-order valence-electron chi connectivity index (χ3n) is 2.07. The van der Waals surface area contributed by atoms with Gasteiger partial charge >= 0.3 is 12.1 Å². The van der Waals surface area contributed by atoms with Gasteiger partial charge in [-0.3, -0.25) is 0 Å². The molecule has 0 spiro atoms. The number of esters is 1. The zero-order chi connectivity index (χ0) is 13.1. The lowest BCUT2D eigenvalue weighted by Crippen LogP contribution is -2.11. The SMILES string of the molecule is CCOC(=O)c1ccc(C(F)(F)F)c(CBr)c1. The van der Waals surface area contributed by atoms with E-state index in [4.69, 9.17) is 4.74 Å². The van der Waals surface area contributed by atoms with E-state index in [1.807, 2.05) is 0 Å². The third-order valence-corrected chi connectivity index (χ3v) is 2.67. The summed E-state index contributed by atoms with van der Waals surface area (Å²) >= 11 is 2.97. The molecule has 0 aliphatic heterocycles. The Hall–Kier alpha value is -1.04. The van der Waals surface area contributed by atoms with Gasteiger partial charge in [0.1, 0.15) is 0 Å². The first kappa shape index (κ1) is 14.0. The lowest BCUT2D eigenvalue weighted by molar-refractivity contribution is -0.138. The molecule has 6 heteroatoms. The summed E-state index contributed by atoms with van der Waals surface area (Å²) in [6.07, 6.45) is -4.42. The number of ether oxygens (including phenoxy) is 1. The topological polar surface area (TPSA) is 26.3 Å². The maximum Gasteiger partial charge on any atom is 0.416 e. The molecule has 0 amide bonds. The van der Waals surface area contributed by atoms with Crippen LogP contribution in [0, 0.1) is 0 Å². The van der Waals surface area contributed by atoms with Crippen LogP contribution in [0.4, 0.5) is 13.2 Å². The first-order valence-corrected chi connectivity index (χ1v) is 5.95. The van der Waals surface area contributed by atoms with Crippen LogP contribution in [-0.2, 0) is 16.2 Å². The van der Waals surface area contributed by atoms with Crippen LogP contribution in [0.25, 0.3) is 0 Å². The summed E-state index contributed by atoms with van der Waals surface area (Å²) in [6, 6.07) is 3.20. The van der Waals surface area contributed by atoms with Gasteiger partial charge in [-0.05, 0) is 30.7 Å². The van der Waals surface area contributed by atoms with E-state index in [-0.39, 0.29) is 23.1 Å². The minimum Gasteiger partial charge on any atom is -0.462 e. The summed E-state index contributed by atoms with van der Waals surface area (Å²) in [5.41, 5.74) is -0.611. The number of halogens is 4. The van der Waals surface area contributed by atoms with E-state index in [9.17, 15) is 18.0 Å². The Balaban J connectivity index is 3.13. The number of hydrogen-bond donors (Lipinski definition) is 0. The number of hydrogen-bond acceptors (Lipinski definition) is 2. The van der Waals surface area contributed by atoms with Gasteiger partial charge < -0.3 is 4.74 Å². The highest BCUT2D eigenvalue weighted by Gasteiger charge is 2.33. The molecule has 2 nitrogen and oxygen atoms in total. The predicted molar refractivity (Wildman–Crippen MR) is 60.0 cm³/mol. The van der Waals surface area contributed by atoms with Crippen molar-refractivity contribution < 1.29 is 22.7 Å². The molecule has 17 heavy (non-hydrogen) atoms. The molecule has 0 aliphatic carbocycles. The summed E-state index contributed by atoms with van der Waals surface area (Å²) in [7, 11) is 0. The van der Waals surface area contributed by atoms with Crippen molar-refractivity contribution in [3.8, 4) is 0 Å². The van der Waals surface area contributed by atoms with E-state index >= 15 is 0 Å². The van der Waals surface area contributed by atoms with Crippen LogP contribution in [0.15, 0.2) is 18.2 Å². The monoisotopic (exact) mass is 310 g/mol. The zero-order valence-electron chi connectivity index (χ0n) is 8.97. The quantitative estimate of drug-likeness (QED) is 0.627. The van der Waals surface area contributed by atoms with E-state index in [2.05, 4.69) is 15.9 Å². The minimum atomic E-state index is -4.42. The minimum absolute atomic E-state index is 0.0167. The fourth-order valence-corrected chi connectivity index (χ4v) is 1.79. The fraction of sp³-hybridized carbons (Fsp3) is 0.364. The Kier molecular flexibility index (Phi) is 4.56. The second-order valence-electron chi connectivity index (χ2n) is 3.22. The molecule has 0 N–H and O–H groups in total. The molecule has 94 valence electrons. The molecule has 0 saturated carbocycles. The van der Waals surface area contributed by atoms with Crippen LogP contribution >= 0.6 is 15.9 Å². The van der Waals surface area contributed by atoms with Crippen molar-refractivity contribution in [1.82, 2.24) is 0 Å². The largest absolute Gasteiger partial charge is 0.462 e. The molecule has 0 aromatic heterocycles. The first-order valence-electron chi connectivity index (χ1n) is 4.83. The molecular formula is C11H10BrF3O2. The highest BCUT2D eigenvalue weighted by molar-refractivity contribution is 9.08. The second kappa shape index (κ2) is 5.53. The number of carbonyl (C=O) groups is 1. The molecule has 0 heterocycles. The molecule has 1 aromatic rings. The number of alkyl halides is 4. The fourth-order valence-electron chi connectivity index (χ4n) is 1.32. The Bertz CT molecular complexity index is 416. The van der Waals surface area contributed by atoms with Crippen LogP contribution in [0.1, 0.15) is 28.4 Å². The van der Waals surface area contributed by atoms with E-state index in [0.29, 0.717) is 0 Å². The van der Waals surface area contributed by atoms with Gasteiger partial charge in [-0.2, -0.15) is 13.2 Å². The van der Waals surface area contributed by atoms with Crippen molar-refractivity contribution in [3.05, 3.63) is 34.9 Å². The summed E-state index contributed by atoms with van der Waals surface area (Å²) in [4.78, 5) is 11.4. The highest BCUT2D eigenvalue weighted by Crippen LogP contribution is 2.33. The highest BCUT2D eigenvalue weighted by atomic mass is 79.9. The standard InChI is InChI=1S/C11H10BrF3O2/c1-2-17-10(16)7-3-4-9(11(13,14)15)8(5-7)6-12/h3-5H,2,6H2,1H3. The van der Waals surface area contributed by atoms with Crippen molar-refractivity contribution in [2.75, 3.05) is 6.61 Å². The first-order chi connectivity index (χ1) is 7.90. The van der Waals surface area contributed by atoms with Crippen molar-refractivity contribution in [2.45, 2.75) is 18.4 Å². The van der Waals surface area contributed by atoms with Gasteiger partial charge in [-0.25, -0.2) is 4.79 Å². The summed E-state index contributed by atoms with van der Waals surface area (Å²) in [5, 5.41) is 0.0229. The van der Waals surface area contributed by atoms with Crippen molar-refractivity contribution in [3.63, 3.8) is 0 Å². The molecule has 1 aromatic carbocycles. The van der Waals surface area contributed by atoms with Crippen molar-refractivity contribution in [2.24, 2.45) is 0 Å². The smallest absolute Gasteiger partial charge is 0.416 e. The molecule has 0 bridgehead atoms. The average molecular weight is 311 g/mol. The van der Waals surface area contributed by atoms with Gasteiger partial charge in [0.15, 0.2) is 0 Å². The number of benzene rings is 1. The van der Waals surface area contributed by atoms with Crippen molar-refractivity contribution >= 4 is 21.9 Å². The molecule has 0 fully saturated rings. The van der Waals surface area contributed by atoms with Crippen LogP contribution in [0.2, 0.25) is 0 Å². The van der Waals surface area contributed by atoms with Gasteiger partial charge in [0, 0.05) is 5.33 Å². The lowest BCUT2D eigenvalue weighted by atomic mass is 10.0. The molecule has 0 aliphatic rings. The van der Waals surface area contributed by atoms with E-state index in [1.54, 1.807) is 6.92 Å². The Morgan fingerprint density at radius 1 is 1.41 bits per heavy atom. The molecule has 1 rings (SSSR count).